The molecule has 1 saturated heterocycles. The molecule has 0 aliphatic carbocycles. The van der Waals surface area contributed by atoms with Gasteiger partial charge in [-0.2, -0.15) is 0 Å². The lowest BCUT2D eigenvalue weighted by Gasteiger charge is -2.31. The number of nitrogens with zero attached hydrogens (tertiary/aromatic N) is 1. The maximum absolute atomic E-state index is 9.72. The van der Waals surface area contributed by atoms with Crippen LogP contribution in [-0.2, 0) is 11.3 Å². The molecule has 0 saturated carbocycles. The van der Waals surface area contributed by atoms with Gasteiger partial charge in [-0.25, -0.2) is 0 Å². The van der Waals surface area contributed by atoms with Crippen LogP contribution in [0.5, 0.6) is 5.75 Å². The van der Waals surface area contributed by atoms with Crippen molar-refractivity contribution < 1.29 is 9.84 Å². The molecular formula is C12H18N2O2. The molecule has 1 unspecified atom stereocenters. The molecular weight excluding hydrogens is 204 g/mol. The van der Waals surface area contributed by atoms with Gasteiger partial charge in [0.1, 0.15) is 5.75 Å². The Labute approximate surface area is 95.6 Å². The second kappa shape index (κ2) is 4.72. The van der Waals surface area contributed by atoms with Crippen LogP contribution in [0, 0.1) is 0 Å². The molecule has 4 heteroatoms. The molecule has 1 aliphatic heterocycles. The Hall–Kier alpha value is -1.26. The van der Waals surface area contributed by atoms with Gasteiger partial charge in [-0.15, -0.1) is 0 Å². The highest BCUT2D eigenvalue weighted by Gasteiger charge is 2.17. The molecule has 1 aliphatic rings. The molecule has 16 heavy (non-hydrogen) atoms. The van der Waals surface area contributed by atoms with E-state index in [0.717, 1.165) is 31.8 Å². The van der Waals surface area contributed by atoms with Gasteiger partial charge in [0.15, 0.2) is 0 Å². The van der Waals surface area contributed by atoms with Crippen LogP contribution < -0.4 is 5.73 Å². The Bertz CT molecular complexity index is 368. The van der Waals surface area contributed by atoms with Crippen molar-refractivity contribution in [2.24, 2.45) is 0 Å². The number of benzene rings is 1. The number of hydrogen-bond donors (Lipinski definition) is 2. The number of aromatic hydroxyl groups is 1. The number of anilines is 1. The molecule has 1 aromatic carbocycles. The van der Waals surface area contributed by atoms with Crippen LogP contribution in [0.1, 0.15) is 12.5 Å². The predicted molar refractivity (Wildman–Crippen MR) is 63.2 cm³/mol. The summed E-state index contributed by atoms with van der Waals surface area (Å²) in [6.45, 7) is 5.34. The average molecular weight is 222 g/mol. The quantitative estimate of drug-likeness (QED) is 0.583. The minimum absolute atomic E-state index is 0.261. The second-order valence-corrected chi connectivity index (χ2v) is 4.30. The standard InChI is InChI=1S/C12H18N2O2/c1-9-7-14(4-5-16-9)8-10-6-11(13)2-3-12(10)15/h2-3,6,9,15H,4-5,7-8,13H2,1H3. The molecule has 0 radical (unpaired) electrons. The van der Waals surface area contributed by atoms with E-state index < -0.39 is 0 Å². The number of ether oxygens (including phenoxy) is 1. The zero-order valence-electron chi connectivity index (χ0n) is 9.52. The SMILES string of the molecule is CC1CN(Cc2cc(N)ccc2O)CCO1. The van der Waals surface area contributed by atoms with Crippen LogP contribution in [0.15, 0.2) is 18.2 Å². The minimum atomic E-state index is 0.261. The Morgan fingerprint density at radius 2 is 2.38 bits per heavy atom. The topological polar surface area (TPSA) is 58.7 Å². The van der Waals surface area contributed by atoms with Gasteiger partial charge >= 0.3 is 0 Å². The lowest BCUT2D eigenvalue weighted by atomic mass is 10.1. The first-order chi connectivity index (χ1) is 7.65. The van der Waals surface area contributed by atoms with Crippen molar-refractivity contribution in [1.29, 1.82) is 0 Å². The predicted octanol–water partition coefficient (Wildman–Crippen LogP) is 1.20. The average Bonchev–Trinajstić information content (AvgIpc) is 2.24. The van der Waals surface area contributed by atoms with Crippen LogP contribution in [0.3, 0.4) is 0 Å². The maximum Gasteiger partial charge on any atom is 0.120 e. The normalized spacial score (nSPS) is 22.2. The summed E-state index contributed by atoms with van der Waals surface area (Å²) in [4.78, 5) is 2.27. The summed E-state index contributed by atoms with van der Waals surface area (Å²) in [5, 5.41) is 9.72. The number of phenolic OH excluding ortho intramolecular Hbond substituents is 1. The van der Waals surface area contributed by atoms with E-state index in [-0.39, 0.29) is 6.10 Å². The third-order valence-corrected chi connectivity index (χ3v) is 2.82. The Balaban J connectivity index is 2.05. The Kier molecular flexibility index (Phi) is 3.31. The van der Waals surface area contributed by atoms with Crippen LogP contribution in [0.2, 0.25) is 0 Å². The van der Waals surface area contributed by atoms with Crippen molar-refractivity contribution in [3.8, 4) is 5.75 Å². The summed E-state index contributed by atoms with van der Waals surface area (Å²) in [6.07, 6.45) is 0.261. The smallest absolute Gasteiger partial charge is 0.120 e. The fraction of sp³-hybridized carbons (Fsp3) is 0.500. The van der Waals surface area contributed by atoms with Crippen molar-refractivity contribution in [3.63, 3.8) is 0 Å². The molecule has 1 atom stereocenters. The van der Waals surface area contributed by atoms with Crippen molar-refractivity contribution in [2.75, 3.05) is 25.4 Å². The largest absolute Gasteiger partial charge is 0.508 e. The summed E-state index contributed by atoms with van der Waals surface area (Å²) in [6, 6.07) is 5.19. The number of morpholine rings is 1. The van der Waals surface area contributed by atoms with E-state index in [1.807, 2.05) is 6.07 Å². The molecule has 0 amide bonds. The van der Waals surface area contributed by atoms with E-state index in [1.54, 1.807) is 12.1 Å². The maximum atomic E-state index is 9.72. The number of nitrogens with two attached hydrogens (primary N) is 1. The summed E-state index contributed by atoms with van der Waals surface area (Å²) in [7, 11) is 0. The zero-order valence-corrected chi connectivity index (χ0v) is 9.52. The molecule has 4 nitrogen and oxygen atoms in total. The van der Waals surface area contributed by atoms with Crippen molar-refractivity contribution >= 4 is 5.69 Å². The number of rotatable bonds is 2. The van der Waals surface area contributed by atoms with Gasteiger partial charge in [-0.1, -0.05) is 0 Å². The lowest BCUT2D eigenvalue weighted by molar-refractivity contribution is -0.0213. The van der Waals surface area contributed by atoms with Crippen LogP contribution in [0.4, 0.5) is 5.69 Å². The fourth-order valence-electron chi connectivity index (χ4n) is 2.01. The van der Waals surface area contributed by atoms with Crippen LogP contribution >= 0.6 is 0 Å². The van der Waals surface area contributed by atoms with Gasteiger partial charge in [0.05, 0.1) is 12.7 Å². The van der Waals surface area contributed by atoms with Gasteiger partial charge in [-0.3, -0.25) is 4.90 Å². The van der Waals surface area contributed by atoms with Crippen molar-refractivity contribution in [3.05, 3.63) is 23.8 Å². The highest BCUT2D eigenvalue weighted by atomic mass is 16.5. The van der Waals surface area contributed by atoms with E-state index in [4.69, 9.17) is 10.5 Å². The van der Waals surface area contributed by atoms with Crippen LogP contribution in [-0.4, -0.2) is 35.8 Å². The number of nitrogen functional groups attached to an aromatic ring is 1. The number of hydrogen-bond acceptors (Lipinski definition) is 4. The second-order valence-electron chi connectivity index (χ2n) is 4.30. The van der Waals surface area contributed by atoms with E-state index in [2.05, 4.69) is 11.8 Å². The summed E-state index contributed by atoms with van der Waals surface area (Å²) in [5.74, 6) is 0.313. The summed E-state index contributed by atoms with van der Waals surface area (Å²) >= 11 is 0. The fourth-order valence-corrected chi connectivity index (χ4v) is 2.01. The van der Waals surface area contributed by atoms with Gasteiger partial charge < -0.3 is 15.6 Å². The van der Waals surface area contributed by atoms with E-state index in [0.29, 0.717) is 11.4 Å². The number of phenols is 1. The molecule has 88 valence electrons. The summed E-state index contributed by atoms with van der Waals surface area (Å²) in [5.41, 5.74) is 7.28. The van der Waals surface area contributed by atoms with Crippen LogP contribution in [0.25, 0.3) is 0 Å². The highest BCUT2D eigenvalue weighted by molar-refractivity contribution is 5.47. The molecule has 0 aromatic heterocycles. The lowest BCUT2D eigenvalue weighted by Crippen LogP contribution is -2.40. The third-order valence-electron chi connectivity index (χ3n) is 2.82. The monoisotopic (exact) mass is 222 g/mol. The first-order valence-electron chi connectivity index (χ1n) is 5.56. The molecule has 0 spiro atoms. The molecule has 1 heterocycles. The first-order valence-corrected chi connectivity index (χ1v) is 5.56. The Morgan fingerprint density at radius 3 is 3.12 bits per heavy atom. The van der Waals surface area contributed by atoms with Crippen molar-refractivity contribution in [2.45, 2.75) is 19.6 Å². The van der Waals surface area contributed by atoms with Crippen molar-refractivity contribution in [1.82, 2.24) is 4.90 Å². The van der Waals surface area contributed by atoms with Gasteiger partial charge in [-0.05, 0) is 25.1 Å². The van der Waals surface area contributed by atoms with E-state index in [1.165, 1.54) is 0 Å². The van der Waals surface area contributed by atoms with Gasteiger partial charge in [0.25, 0.3) is 0 Å². The van der Waals surface area contributed by atoms with E-state index >= 15 is 0 Å². The molecule has 1 fully saturated rings. The minimum Gasteiger partial charge on any atom is -0.508 e. The van der Waals surface area contributed by atoms with Gasteiger partial charge in [0, 0.05) is 30.9 Å². The first kappa shape index (κ1) is 11.2. The molecule has 2 rings (SSSR count). The highest BCUT2D eigenvalue weighted by Crippen LogP contribution is 2.22. The molecule has 1 aromatic rings. The van der Waals surface area contributed by atoms with Gasteiger partial charge in [0.2, 0.25) is 0 Å². The Morgan fingerprint density at radius 1 is 1.56 bits per heavy atom. The zero-order chi connectivity index (χ0) is 11.5. The molecule has 3 N–H and O–H groups in total. The molecule has 0 bridgehead atoms. The third kappa shape index (κ3) is 2.65. The van der Waals surface area contributed by atoms with E-state index in [9.17, 15) is 5.11 Å². The summed E-state index contributed by atoms with van der Waals surface area (Å²) < 4.78 is 5.47.